The van der Waals surface area contributed by atoms with Gasteiger partial charge in [0.1, 0.15) is 15.6 Å². The van der Waals surface area contributed by atoms with Crippen LogP contribution in [0.15, 0.2) is 23.2 Å². The maximum atomic E-state index is 12.3. The number of hydrogen-bond acceptors (Lipinski definition) is 4. The number of nitrogens with zero attached hydrogens (tertiary/aromatic N) is 1. The van der Waals surface area contributed by atoms with E-state index < -0.39 is 15.6 Å². The first-order valence-electron chi connectivity index (χ1n) is 5.48. The van der Waals surface area contributed by atoms with Crippen LogP contribution in [0.3, 0.4) is 0 Å². The SMILES string of the molecule is CCC(C)(C)NS(=O)(=O)c1cccnc1C(N)=S. The topological polar surface area (TPSA) is 85.1 Å². The van der Waals surface area contributed by atoms with Crippen molar-refractivity contribution < 1.29 is 8.42 Å². The van der Waals surface area contributed by atoms with Crippen LogP contribution in [-0.2, 0) is 10.0 Å². The van der Waals surface area contributed by atoms with E-state index in [0.717, 1.165) is 0 Å². The summed E-state index contributed by atoms with van der Waals surface area (Å²) in [5.41, 5.74) is 5.06. The lowest BCUT2D eigenvalue weighted by molar-refractivity contribution is 0.439. The van der Waals surface area contributed by atoms with E-state index >= 15 is 0 Å². The summed E-state index contributed by atoms with van der Waals surface area (Å²) in [6, 6.07) is 2.98. The first-order chi connectivity index (χ1) is 8.19. The van der Waals surface area contributed by atoms with Crippen molar-refractivity contribution >= 4 is 27.2 Å². The molecular formula is C11H17N3O2S2. The second kappa shape index (κ2) is 5.29. The van der Waals surface area contributed by atoms with Crippen LogP contribution in [0.5, 0.6) is 0 Å². The monoisotopic (exact) mass is 287 g/mol. The van der Waals surface area contributed by atoms with Crippen LogP contribution in [0.4, 0.5) is 0 Å². The van der Waals surface area contributed by atoms with Crippen LogP contribution in [0, 0.1) is 0 Å². The van der Waals surface area contributed by atoms with E-state index in [9.17, 15) is 8.42 Å². The average molecular weight is 287 g/mol. The number of aromatic nitrogens is 1. The van der Waals surface area contributed by atoms with Gasteiger partial charge in [0.15, 0.2) is 0 Å². The van der Waals surface area contributed by atoms with E-state index in [-0.39, 0.29) is 15.6 Å². The Kier molecular flexibility index (Phi) is 4.41. The summed E-state index contributed by atoms with van der Waals surface area (Å²) in [7, 11) is -3.69. The molecule has 0 saturated heterocycles. The van der Waals surface area contributed by atoms with Crippen molar-refractivity contribution in [3.63, 3.8) is 0 Å². The minimum atomic E-state index is -3.69. The van der Waals surface area contributed by atoms with E-state index in [1.165, 1.54) is 18.3 Å². The molecule has 0 aliphatic heterocycles. The summed E-state index contributed by atoms with van der Waals surface area (Å²) in [5.74, 6) is 0. The molecule has 18 heavy (non-hydrogen) atoms. The highest BCUT2D eigenvalue weighted by molar-refractivity contribution is 7.89. The van der Waals surface area contributed by atoms with Gasteiger partial charge in [-0.15, -0.1) is 0 Å². The molecule has 0 amide bonds. The van der Waals surface area contributed by atoms with Crippen LogP contribution >= 0.6 is 12.2 Å². The van der Waals surface area contributed by atoms with Crippen molar-refractivity contribution in [2.24, 2.45) is 5.73 Å². The quantitative estimate of drug-likeness (QED) is 0.794. The smallest absolute Gasteiger partial charge is 0.243 e. The lowest BCUT2D eigenvalue weighted by Gasteiger charge is -2.24. The minimum Gasteiger partial charge on any atom is -0.388 e. The molecule has 1 heterocycles. The highest BCUT2D eigenvalue weighted by Gasteiger charge is 2.27. The van der Waals surface area contributed by atoms with Crippen molar-refractivity contribution in [1.29, 1.82) is 0 Å². The molecule has 100 valence electrons. The van der Waals surface area contributed by atoms with Crippen molar-refractivity contribution in [2.45, 2.75) is 37.6 Å². The van der Waals surface area contributed by atoms with Crippen molar-refractivity contribution in [3.8, 4) is 0 Å². The number of nitrogens with two attached hydrogens (primary N) is 1. The van der Waals surface area contributed by atoms with Gasteiger partial charge in [0.2, 0.25) is 10.0 Å². The molecule has 0 aliphatic rings. The molecule has 1 aromatic rings. The Morgan fingerprint density at radius 3 is 2.67 bits per heavy atom. The zero-order valence-electron chi connectivity index (χ0n) is 10.6. The van der Waals surface area contributed by atoms with Crippen LogP contribution in [0.2, 0.25) is 0 Å². The Bertz CT molecular complexity index is 553. The Hall–Kier alpha value is -1.05. The summed E-state index contributed by atoms with van der Waals surface area (Å²) in [4.78, 5) is 3.89. The van der Waals surface area contributed by atoms with Gasteiger partial charge in [0.05, 0.1) is 0 Å². The van der Waals surface area contributed by atoms with Gasteiger partial charge in [-0.25, -0.2) is 13.1 Å². The van der Waals surface area contributed by atoms with E-state index in [1.807, 2.05) is 6.92 Å². The molecule has 0 unspecified atom stereocenters. The summed E-state index contributed by atoms with van der Waals surface area (Å²) in [6.45, 7) is 5.52. The van der Waals surface area contributed by atoms with E-state index in [2.05, 4.69) is 9.71 Å². The lowest BCUT2D eigenvalue weighted by atomic mass is 10.0. The van der Waals surface area contributed by atoms with Gasteiger partial charge >= 0.3 is 0 Å². The predicted octanol–water partition coefficient (Wildman–Crippen LogP) is 1.18. The lowest BCUT2D eigenvalue weighted by Crippen LogP contribution is -2.43. The molecule has 0 bridgehead atoms. The minimum absolute atomic E-state index is 0.0130. The summed E-state index contributed by atoms with van der Waals surface area (Å²) in [5, 5.41) is 0. The largest absolute Gasteiger partial charge is 0.388 e. The Morgan fingerprint density at radius 1 is 1.56 bits per heavy atom. The molecule has 1 rings (SSSR count). The fraction of sp³-hybridized carbons (Fsp3) is 0.455. The fourth-order valence-corrected chi connectivity index (χ4v) is 3.17. The van der Waals surface area contributed by atoms with Crippen LogP contribution < -0.4 is 10.5 Å². The molecule has 1 aromatic heterocycles. The van der Waals surface area contributed by atoms with Gasteiger partial charge in [0, 0.05) is 11.7 Å². The standard InChI is InChI=1S/C11H17N3O2S2/c1-4-11(2,3)14-18(15,16)8-6-5-7-13-9(8)10(12)17/h5-7,14H,4H2,1-3H3,(H2,12,17). The maximum absolute atomic E-state index is 12.3. The number of pyridine rings is 1. The zero-order valence-corrected chi connectivity index (χ0v) is 12.2. The molecule has 0 radical (unpaired) electrons. The number of hydrogen-bond donors (Lipinski definition) is 2. The van der Waals surface area contributed by atoms with Gasteiger partial charge in [-0.05, 0) is 32.4 Å². The first-order valence-corrected chi connectivity index (χ1v) is 7.37. The number of rotatable bonds is 5. The van der Waals surface area contributed by atoms with Gasteiger partial charge in [-0.3, -0.25) is 4.98 Å². The fourth-order valence-electron chi connectivity index (χ4n) is 1.28. The van der Waals surface area contributed by atoms with Crippen molar-refractivity contribution in [2.75, 3.05) is 0 Å². The summed E-state index contributed by atoms with van der Waals surface area (Å²) < 4.78 is 27.1. The van der Waals surface area contributed by atoms with Gasteiger partial charge in [0.25, 0.3) is 0 Å². The molecule has 0 spiro atoms. The molecule has 5 nitrogen and oxygen atoms in total. The summed E-state index contributed by atoms with van der Waals surface area (Å²) >= 11 is 4.81. The molecule has 3 N–H and O–H groups in total. The maximum Gasteiger partial charge on any atom is 0.243 e. The molecule has 0 fully saturated rings. The molecule has 0 aliphatic carbocycles. The molecule has 0 aromatic carbocycles. The number of sulfonamides is 1. The Morgan fingerprint density at radius 2 is 2.17 bits per heavy atom. The molecule has 0 saturated carbocycles. The normalized spacial score (nSPS) is 12.4. The highest BCUT2D eigenvalue weighted by Crippen LogP contribution is 2.17. The third kappa shape index (κ3) is 3.47. The second-order valence-electron chi connectivity index (χ2n) is 4.56. The third-order valence-electron chi connectivity index (χ3n) is 2.59. The van der Waals surface area contributed by atoms with Crippen LogP contribution in [0.25, 0.3) is 0 Å². The Balaban J connectivity index is 3.26. The number of nitrogens with one attached hydrogen (secondary N) is 1. The highest BCUT2D eigenvalue weighted by atomic mass is 32.2. The third-order valence-corrected chi connectivity index (χ3v) is 4.51. The van der Waals surface area contributed by atoms with Gasteiger partial charge in [-0.1, -0.05) is 19.1 Å². The van der Waals surface area contributed by atoms with Crippen LogP contribution in [0.1, 0.15) is 32.9 Å². The van der Waals surface area contributed by atoms with E-state index in [0.29, 0.717) is 6.42 Å². The predicted molar refractivity (Wildman–Crippen MR) is 74.8 cm³/mol. The summed E-state index contributed by atoms with van der Waals surface area (Å²) in [6.07, 6.45) is 2.12. The van der Waals surface area contributed by atoms with E-state index in [1.54, 1.807) is 13.8 Å². The molecular weight excluding hydrogens is 270 g/mol. The van der Waals surface area contributed by atoms with Crippen molar-refractivity contribution in [1.82, 2.24) is 9.71 Å². The van der Waals surface area contributed by atoms with Crippen molar-refractivity contribution in [3.05, 3.63) is 24.0 Å². The molecule has 0 atom stereocenters. The average Bonchev–Trinajstić information content (AvgIpc) is 2.28. The number of thiocarbonyl (C=S) groups is 1. The van der Waals surface area contributed by atoms with E-state index in [4.69, 9.17) is 18.0 Å². The molecule has 7 heteroatoms. The van der Waals surface area contributed by atoms with Crippen LogP contribution in [-0.4, -0.2) is 23.9 Å². The second-order valence-corrected chi connectivity index (χ2v) is 6.65. The zero-order chi connectivity index (χ0) is 14.0. The Labute approximate surface area is 113 Å². The first kappa shape index (κ1) is 15.0. The van der Waals surface area contributed by atoms with Gasteiger partial charge < -0.3 is 5.73 Å². The van der Waals surface area contributed by atoms with Gasteiger partial charge in [-0.2, -0.15) is 0 Å².